The van der Waals surface area contributed by atoms with Gasteiger partial charge in [-0.2, -0.15) is 0 Å². The zero-order valence-corrected chi connectivity index (χ0v) is 15.9. The Morgan fingerprint density at radius 1 is 1.04 bits per heavy atom. The van der Waals surface area contributed by atoms with E-state index in [2.05, 4.69) is 16.8 Å². The number of anilines is 1. The topological polar surface area (TPSA) is 37.3 Å². The molecule has 4 rings (SSSR count). The minimum atomic E-state index is -0.300. The molecule has 4 nitrogen and oxygen atoms in total. The number of hydrogen-bond acceptors (Lipinski definition) is 2. The maximum Gasteiger partial charge on any atom is 0.241 e. The zero-order valence-electron chi connectivity index (χ0n) is 15.9. The Morgan fingerprint density at radius 3 is 2.54 bits per heavy atom. The van der Waals surface area contributed by atoms with Crippen molar-refractivity contribution < 1.29 is 9.18 Å². The molecule has 0 fully saturated rings. The summed E-state index contributed by atoms with van der Waals surface area (Å²) in [5.41, 5.74) is 3.72. The highest BCUT2D eigenvalue weighted by Crippen LogP contribution is 2.42. The van der Waals surface area contributed by atoms with Crippen LogP contribution in [0.15, 0.2) is 66.9 Å². The van der Waals surface area contributed by atoms with Crippen LogP contribution in [0, 0.1) is 5.82 Å². The number of halogens is 1. The van der Waals surface area contributed by atoms with E-state index >= 15 is 0 Å². The van der Waals surface area contributed by atoms with Crippen molar-refractivity contribution in [3.8, 4) is 5.69 Å². The predicted octanol–water partition coefficient (Wildman–Crippen LogP) is 4.44. The maximum absolute atomic E-state index is 13.5. The average molecular weight is 377 g/mol. The van der Waals surface area contributed by atoms with E-state index < -0.39 is 0 Å². The largest absolute Gasteiger partial charge is 0.316 e. The van der Waals surface area contributed by atoms with Gasteiger partial charge in [0, 0.05) is 6.20 Å². The molecule has 0 aliphatic carbocycles. The Labute approximate surface area is 164 Å². The zero-order chi connectivity index (χ0) is 19.5. The van der Waals surface area contributed by atoms with E-state index in [4.69, 9.17) is 0 Å². The van der Waals surface area contributed by atoms with E-state index in [1.165, 1.54) is 12.1 Å². The van der Waals surface area contributed by atoms with Gasteiger partial charge in [0.15, 0.2) is 0 Å². The van der Waals surface area contributed by atoms with Gasteiger partial charge in [-0.3, -0.25) is 9.69 Å². The van der Waals surface area contributed by atoms with Crippen LogP contribution in [0.25, 0.3) is 5.69 Å². The van der Waals surface area contributed by atoms with Crippen molar-refractivity contribution in [3.63, 3.8) is 0 Å². The second kappa shape index (κ2) is 7.98. The third kappa shape index (κ3) is 3.34. The van der Waals surface area contributed by atoms with E-state index in [-0.39, 0.29) is 24.3 Å². The minimum absolute atomic E-state index is 0.00493. The fourth-order valence-electron chi connectivity index (χ4n) is 3.80. The molecule has 1 aliphatic heterocycles. The van der Waals surface area contributed by atoms with Crippen LogP contribution < -0.4 is 10.2 Å². The number of carbonyl (C=O) groups excluding carboxylic acids is 1. The number of amides is 1. The first kappa shape index (κ1) is 18.4. The summed E-state index contributed by atoms with van der Waals surface area (Å²) in [7, 11) is 0. The van der Waals surface area contributed by atoms with E-state index in [9.17, 15) is 9.18 Å². The fourth-order valence-corrected chi connectivity index (χ4v) is 3.80. The molecular formula is C23H24FN3O. The van der Waals surface area contributed by atoms with Crippen LogP contribution in [0.5, 0.6) is 0 Å². The Morgan fingerprint density at radius 2 is 1.79 bits per heavy atom. The monoisotopic (exact) mass is 377 g/mol. The normalized spacial score (nSPS) is 15.2. The van der Waals surface area contributed by atoms with Gasteiger partial charge in [0.05, 0.1) is 23.6 Å². The third-order valence-corrected chi connectivity index (χ3v) is 5.16. The number of benzene rings is 2. The molecule has 5 heteroatoms. The Kier molecular flexibility index (Phi) is 5.26. The molecule has 0 saturated carbocycles. The van der Waals surface area contributed by atoms with Crippen molar-refractivity contribution in [1.29, 1.82) is 0 Å². The van der Waals surface area contributed by atoms with Crippen LogP contribution >= 0.6 is 0 Å². The van der Waals surface area contributed by atoms with Crippen LogP contribution in [-0.4, -0.2) is 23.6 Å². The van der Waals surface area contributed by atoms with Gasteiger partial charge >= 0.3 is 0 Å². The van der Waals surface area contributed by atoms with Crippen LogP contribution in [0.3, 0.4) is 0 Å². The first-order chi connectivity index (χ1) is 13.7. The average Bonchev–Trinajstić information content (AvgIpc) is 3.21. The summed E-state index contributed by atoms with van der Waals surface area (Å²) in [5, 5.41) is 3.26. The predicted molar refractivity (Wildman–Crippen MR) is 109 cm³/mol. The number of rotatable bonds is 6. The van der Waals surface area contributed by atoms with Crippen LogP contribution in [0.4, 0.5) is 10.1 Å². The van der Waals surface area contributed by atoms with Gasteiger partial charge in [-0.1, -0.05) is 37.6 Å². The number of carbonyl (C=O) groups is 1. The van der Waals surface area contributed by atoms with Gasteiger partial charge < -0.3 is 9.88 Å². The molecule has 0 saturated heterocycles. The van der Waals surface area contributed by atoms with E-state index in [0.29, 0.717) is 0 Å². The Hall–Kier alpha value is -2.92. The third-order valence-electron chi connectivity index (χ3n) is 5.16. The lowest BCUT2D eigenvalue weighted by molar-refractivity contribution is -0.118. The molecule has 1 aliphatic rings. The quantitative estimate of drug-likeness (QED) is 0.645. The second-order valence-electron chi connectivity index (χ2n) is 7.04. The van der Waals surface area contributed by atoms with Crippen molar-refractivity contribution in [3.05, 3.63) is 83.9 Å². The molecule has 1 unspecified atom stereocenters. The maximum atomic E-state index is 13.5. The van der Waals surface area contributed by atoms with Crippen molar-refractivity contribution >= 4 is 11.6 Å². The smallest absolute Gasteiger partial charge is 0.241 e. The highest BCUT2D eigenvalue weighted by atomic mass is 19.1. The van der Waals surface area contributed by atoms with Crippen molar-refractivity contribution in [2.24, 2.45) is 0 Å². The molecule has 28 heavy (non-hydrogen) atoms. The summed E-state index contributed by atoms with van der Waals surface area (Å²) >= 11 is 0. The van der Waals surface area contributed by atoms with E-state index in [0.717, 1.165) is 42.0 Å². The summed E-state index contributed by atoms with van der Waals surface area (Å²) < 4.78 is 15.6. The van der Waals surface area contributed by atoms with Gasteiger partial charge in [0.1, 0.15) is 11.9 Å². The number of nitrogens with zero attached hydrogens (tertiary/aromatic N) is 2. The molecule has 3 aromatic rings. The molecule has 2 heterocycles. The highest BCUT2D eigenvalue weighted by Gasteiger charge is 2.35. The van der Waals surface area contributed by atoms with Gasteiger partial charge in [-0.05, 0) is 54.9 Å². The minimum Gasteiger partial charge on any atom is -0.316 e. The molecule has 144 valence electrons. The number of hydrogen-bond donors (Lipinski definition) is 1. The molecule has 1 atom stereocenters. The molecular weight excluding hydrogens is 353 g/mol. The summed E-state index contributed by atoms with van der Waals surface area (Å²) in [6.45, 7) is 3.21. The fraction of sp³-hybridized carbons (Fsp3) is 0.261. The molecule has 2 aromatic carbocycles. The van der Waals surface area contributed by atoms with Crippen LogP contribution in [0.2, 0.25) is 0 Å². The van der Waals surface area contributed by atoms with E-state index in [1.54, 1.807) is 12.1 Å². The summed E-state index contributed by atoms with van der Waals surface area (Å²) in [4.78, 5) is 15.1. The summed E-state index contributed by atoms with van der Waals surface area (Å²) in [6, 6.07) is 18.0. The molecule has 1 aromatic heterocycles. The molecule has 1 amide bonds. The number of para-hydroxylation sites is 2. The number of nitrogens with one attached hydrogen (secondary N) is 1. The van der Waals surface area contributed by atoms with Crippen molar-refractivity contribution in [2.45, 2.75) is 25.8 Å². The number of unbranched alkanes of at least 4 members (excludes halogenated alkanes) is 1. The molecule has 1 N–H and O–H groups in total. The Bertz CT molecular complexity index is 964. The lowest BCUT2D eigenvalue weighted by Gasteiger charge is -2.38. The second-order valence-corrected chi connectivity index (χ2v) is 7.04. The lowest BCUT2D eigenvalue weighted by Crippen LogP contribution is -2.44. The first-order valence-electron chi connectivity index (χ1n) is 9.75. The van der Waals surface area contributed by atoms with Gasteiger partial charge in [-0.15, -0.1) is 0 Å². The van der Waals surface area contributed by atoms with Gasteiger partial charge in [0.2, 0.25) is 5.91 Å². The van der Waals surface area contributed by atoms with Crippen LogP contribution in [-0.2, 0) is 4.79 Å². The number of aromatic nitrogens is 1. The summed E-state index contributed by atoms with van der Waals surface area (Å²) in [5.74, 6) is -0.278. The molecule has 0 bridgehead atoms. The molecule has 0 radical (unpaired) electrons. The van der Waals surface area contributed by atoms with Gasteiger partial charge in [0.25, 0.3) is 0 Å². The van der Waals surface area contributed by atoms with Gasteiger partial charge in [-0.25, -0.2) is 4.39 Å². The lowest BCUT2D eigenvalue weighted by atomic mass is 9.97. The van der Waals surface area contributed by atoms with Crippen LogP contribution in [0.1, 0.15) is 37.1 Å². The standard InChI is InChI=1S/C23H24FN3O/c1-2-3-14-25-16-22(28)27-20-8-5-4-7-19(20)26-15-6-9-21(26)23(27)17-10-12-18(24)13-11-17/h4-13,15,23,25H,2-3,14,16H2,1H3. The highest BCUT2D eigenvalue weighted by molar-refractivity contribution is 5.99. The van der Waals surface area contributed by atoms with Crippen molar-refractivity contribution in [1.82, 2.24) is 9.88 Å². The van der Waals surface area contributed by atoms with E-state index in [1.807, 2.05) is 47.5 Å². The summed E-state index contributed by atoms with van der Waals surface area (Å²) in [6.07, 6.45) is 4.12. The number of fused-ring (bicyclic) bond motifs is 3. The SMILES string of the molecule is CCCCNCC(=O)N1c2ccccc2-n2cccc2C1c1ccc(F)cc1. The van der Waals surface area contributed by atoms with Crippen molar-refractivity contribution in [2.75, 3.05) is 18.0 Å². The molecule has 0 spiro atoms. The first-order valence-corrected chi connectivity index (χ1v) is 9.75. The Balaban J connectivity index is 1.77.